The second-order valence-corrected chi connectivity index (χ2v) is 4.40. The van der Waals surface area contributed by atoms with Gasteiger partial charge in [0, 0.05) is 12.4 Å². The summed E-state index contributed by atoms with van der Waals surface area (Å²) in [6.45, 7) is 0. The number of nitrogen functional groups attached to an aromatic ring is 1. The Balaban J connectivity index is 2.00. The Kier molecular flexibility index (Phi) is 3.36. The molecule has 1 aromatic carbocycles. The second kappa shape index (κ2) is 5.33. The number of nitrogens with zero attached hydrogens (tertiary/aromatic N) is 5. The summed E-state index contributed by atoms with van der Waals surface area (Å²) < 4.78 is 15.2. The normalized spacial score (nSPS) is 10.6. The fraction of sp³-hybridized carbons (Fsp3) is 0. The van der Waals surface area contributed by atoms with Gasteiger partial charge in [0.25, 0.3) is 5.95 Å². The van der Waals surface area contributed by atoms with Crippen molar-refractivity contribution >= 4 is 29.2 Å². The lowest BCUT2D eigenvalue weighted by molar-refractivity contribution is 0.631. The van der Waals surface area contributed by atoms with Crippen molar-refractivity contribution in [1.29, 1.82) is 0 Å². The largest absolute Gasteiger partial charge is 0.368 e. The van der Waals surface area contributed by atoms with Gasteiger partial charge in [-0.05, 0) is 18.2 Å². The molecule has 21 heavy (non-hydrogen) atoms. The number of hydrogen-bond donors (Lipinski definition) is 2. The molecule has 0 saturated carbocycles. The first-order chi connectivity index (χ1) is 10.1. The maximum Gasteiger partial charge on any atom is 0.257 e. The lowest BCUT2D eigenvalue weighted by atomic mass is 10.3. The first kappa shape index (κ1) is 13.3. The molecular formula is C12H9ClFN7. The third-order valence-corrected chi connectivity index (χ3v) is 2.86. The van der Waals surface area contributed by atoms with Gasteiger partial charge in [0.1, 0.15) is 5.82 Å². The molecule has 0 saturated heterocycles. The van der Waals surface area contributed by atoms with Crippen LogP contribution in [-0.4, -0.2) is 24.7 Å². The predicted octanol–water partition coefficient (Wildman–Crippen LogP) is 2.18. The molecule has 0 aliphatic rings. The Labute approximate surface area is 123 Å². The summed E-state index contributed by atoms with van der Waals surface area (Å²) in [4.78, 5) is 12.0. The average molecular weight is 306 g/mol. The van der Waals surface area contributed by atoms with Gasteiger partial charge in [-0.3, -0.25) is 0 Å². The fourth-order valence-corrected chi connectivity index (χ4v) is 1.87. The molecule has 7 nitrogen and oxygen atoms in total. The molecule has 0 radical (unpaired) electrons. The topological polar surface area (TPSA) is 94.5 Å². The first-order valence-electron chi connectivity index (χ1n) is 5.86. The Hall–Kier alpha value is -2.74. The number of halogens is 2. The Morgan fingerprint density at radius 3 is 2.76 bits per heavy atom. The van der Waals surface area contributed by atoms with Crippen LogP contribution in [0.4, 0.5) is 22.0 Å². The van der Waals surface area contributed by atoms with Gasteiger partial charge in [0.15, 0.2) is 0 Å². The maximum atomic E-state index is 13.7. The van der Waals surface area contributed by atoms with Crippen molar-refractivity contribution in [3.8, 4) is 5.95 Å². The van der Waals surface area contributed by atoms with Gasteiger partial charge in [0.2, 0.25) is 11.9 Å². The van der Waals surface area contributed by atoms with Gasteiger partial charge < -0.3 is 11.1 Å². The van der Waals surface area contributed by atoms with Crippen molar-refractivity contribution in [2.45, 2.75) is 0 Å². The zero-order valence-corrected chi connectivity index (χ0v) is 11.3. The third kappa shape index (κ3) is 2.75. The van der Waals surface area contributed by atoms with Crippen LogP contribution in [0.3, 0.4) is 0 Å². The summed E-state index contributed by atoms with van der Waals surface area (Å²) in [5, 5.41) is 6.89. The van der Waals surface area contributed by atoms with Crippen molar-refractivity contribution in [3.63, 3.8) is 0 Å². The van der Waals surface area contributed by atoms with Crippen LogP contribution >= 0.6 is 11.6 Å². The summed E-state index contributed by atoms with van der Waals surface area (Å²) in [6, 6.07) is 6.03. The molecule has 9 heteroatoms. The van der Waals surface area contributed by atoms with E-state index < -0.39 is 5.82 Å². The van der Waals surface area contributed by atoms with Crippen LogP contribution in [0.5, 0.6) is 0 Å². The smallest absolute Gasteiger partial charge is 0.257 e. The standard InChI is InChI=1S/C12H9ClFN7/c13-7-3-1-4-8(14)9(7)17-11-18-10(15)19-12(20-11)21-6-2-5-16-21/h1-6H,(H3,15,17,18,19,20). The summed E-state index contributed by atoms with van der Waals surface area (Å²) >= 11 is 5.94. The number of para-hydroxylation sites is 1. The predicted molar refractivity (Wildman–Crippen MR) is 76.1 cm³/mol. The van der Waals surface area contributed by atoms with Gasteiger partial charge in [-0.1, -0.05) is 17.7 Å². The molecule has 3 rings (SSSR count). The van der Waals surface area contributed by atoms with Gasteiger partial charge in [-0.2, -0.15) is 20.1 Å². The monoisotopic (exact) mass is 305 g/mol. The summed E-state index contributed by atoms with van der Waals surface area (Å²) in [5.41, 5.74) is 5.69. The lowest BCUT2D eigenvalue weighted by Crippen LogP contribution is -2.10. The highest BCUT2D eigenvalue weighted by Gasteiger charge is 2.11. The van der Waals surface area contributed by atoms with Gasteiger partial charge in [-0.25, -0.2) is 9.07 Å². The van der Waals surface area contributed by atoms with Crippen LogP contribution in [0, 0.1) is 5.82 Å². The van der Waals surface area contributed by atoms with Gasteiger partial charge >= 0.3 is 0 Å². The molecule has 0 amide bonds. The van der Waals surface area contributed by atoms with Crippen molar-refractivity contribution in [2.24, 2.45) is 0 Å². The number of aromatic nitrogens is 5. The Bertz CT molecular complexity index is 755. The van der Waals surface area contributed by atoms with Crippen molar-refractivity contribution in [2.75, 3.05) is 11.1 Å². The van der Waals surface area contributed by atoms with Gasteiger partial charge in [-0.15, -0.1) is 0 Å². The second-order valence-electron chi connectivity index (χ2n) is 3.99. The Morgan fingerprint density at radius 2 is 2.05 bits per heavy atom. The number of nitrogens with two attached hydrogens (primary N) is 1. The molecule has 0 fully saturated rings. The molecule has 0 spiro atoms. The minimum Gasteiger partial charge on any atom is -0.368 e. The molecule has 0 unspecified atom stereocenters. The first-order valence-corrected chi connectivity index (χ1v) is 6.24. The highest BCUT2D eigenvalue weighted by Crippen LogP contribution is 2.27. The molecular weight excluding hydrogens is 297 g/mol. The van der Waals surface area contributed by atoms with Crippen LogP contribution < -0.4 is 11.1 Å². The summed E-state index contributed by atoms with van der Waals surface area (Å²) in [5.74, 6) is -0.268. The summed E-state index contributed by atoms with van der Waals surface area (Å²) in [6.07, 6.45) is 3.22. The number of hydrogen-bond acceptors (Lipinski definition) is 6. The highest BCUT2D eigenvalue weighted by molar-refractivity contribution is 6.33. The van der Waals surface area contributed by atoms with E-state index in [1.165, 1.54) is 16.8 Å². The molecule has 0 aliphatic heterocycles. The molecule has 2 aromatic heterocycles. The van der Waals surface area contributed by atoms with Crippen molar-refractivity contribution < 1.29 is 4.39 Å². The van der Waals surface area contributed by atoms with E-state index in [1.54, 1.807) is 24.5 Å². The highest BCUT2D eigenvalue weighted by atomic mass is 35.5. The van der Waals surface area contributed by atoms with E-state index in [-0.39, 0.29) is 28.6 Å². The fourth-order valence-electron chi connectivity index (χ4n) is 1.66. The minimum atomic E-state index is -0.526. The average Bonchev–Trinajstić information content (AvgIpc) is 2.97. The van der Waals surface area contributed by atoms with Gasteiger partial charge in [0.05, 0.1) is 10.7 Å². The lowest BCUT2D eigenvalue weighted by Gasteiger charge is -2.09. The molecule has 0 bridgehead atoms. The van der Waals surface area contributed by atoms with Crippen molar-refractivity contribution in [3.05, 3.63) is 47.5 Å². The van der Waals surface area contributed by atoms with Crippen LogP contribution in [0.15, 0.2) is 36.7 Å². The van der Waals surface area contributed by atoms with Crippen LogP contribution in [-0.2, 0) is 0 Å². The van der Waals surface area contributed by atoms with Crippen LogP contribution in [0.2, 0.25) is 5.02 Å². The van der Waals surface area contributed by atoms with E-state index in [4.69, 9.17) is 17.3 Å². The summed E-state index contributed by atoms with van der Waals surface area (Å²) in [7, 11) is 0. The molecule has 3 N–H and O–H groups in total. The van der Waals surface area contributed by atoms with E-state index in [2.05, 4.69) is 25.4 Å². The van der Waals surface area contributed by atoms with E-state index in [0.717, 1.165) is 0 Å². The van der Waals surface area contributed by atoms with Crippen LogP contribution in [0.25, 0.3) is 5.95 Å². The quantitative estimate of drug-likeness (QED) is 0.770. The Morgan fingerprint density at radius 1 is 1.19 bits per heavy atom. The molecule has 0 atom stereocenters. The molecule has 0 aliphatic carbocycles. The molecule has 3 aromatic rings. The third-order valence-electron chi connectivity index (χ3n) is 2.55. The molecule has 106 valence electrons. The van der Waals surface area contributed by atoms with E-state index >= 15 is 0 Å². The number of anilines is 3. The molecule has 2 heterocycles. The van der Waals surface area contributed by atoms with E-state index in [1.807, 2.05) is 0 Å². The number of rotatable bonds is 3. The minimum absolute atomic E-state index is 0.0227. The SMILES string of the molecule is Nc1nc(Nc2c(F)cccc2Cl)nc(-n2cccn2)n1. The van der Waals surface area contributed by atoms with E-state index in [0.29, 0.717) is 0 Å². The number of benzene rings is 1. The van der Waals surface area contributed by atoms with Crippen LogP contribution in [0.1, 0.15) is 0 Å². The van der Waals surface area contributed by atoms with E-state index in [9.17, 15) is 4.39 Å². The van der Waals surface area contributed by atoms with Crippen molar-refractivity contribution in [1.82, 2.24) is 24.7 Å². The maximum absolute atomic E-state index is 13.7. The zero-order valence-electron chi connectivity index (χ0n) is 10.5. The zero-order chi connectivity index (χ0) is 14.8. The number of nitrogens with one attached hydrogen (secondary N) is 1.